The molecule has 120 valence electrons. The first-order valence-electron chi connectivity index (χ1n) is 6.08. The van der Waals surface area contributed by atoms with E-state index in [1.807, 2.05) is 5.92 Å². The maximum atomic E-state index is 14.9. The fourth-order valence-corrected chi connectivity index (χ4v) is 2.10. The predicted octanol–water partition coefficient (Wildman–Crippen LogP) is -1.10. The van der Waals surface area contributed by atoms with Crippen LogP contribution in [0.5, 0.6) is 0 Å². The lowest BCUT2D eigenvalue weighted by Gasteiger charge is -2.24. The van der Waals surface area contributed by atoms with Crippen LogP contribution in [-0.4, -0.2) is 50.9 Å². The highest BCUT2D eigenvalue weighted by Crippen LogP contribution is 2.40. The zero-order chi connectivity index (χ0) is 16.5. The Kier molecular flexibility index (Phi) is 4.41. The zero-order valence-electron chi connectivity index (χ0n) is 11.0. The molecule has 4 atom stereocenters. The van der Waals surface area contributed by atoms with Crippen molar-refractivity contribution in [3.63, 3.8) is 0 Å². The number of aliphatic hydroxyl groups excluding tert-OH is 2. The molecule has 2 rings (SSSR count). The number of nitrogens with zero attached hydrogens (tertiary/aromatic N) is 2. The molecule has 4 N–H and O–H groups in total. The van der Waals surface area contributed by atoms with Crippen molar-refractivity contribution in [2.75, 3.05) is 19.0 Å². The van der Waals surface area contributed by atoms with Gasteiger partial charge in [-0.05, 0) is 0 Å². The van der Waals surface area contributed by atoms with Gasteiger partial charge < -0.3 is 20.7 Å². The molecule has 2 heterocycles. The van der Waals surface area contributed by atoms with E-state index in [2.05, 4.69) is 4.98 Å². The summed E-state index contributed by atoms with van der Waals surface area (Å²) in [6, 6.07) is 0. The standard InChI is InChI=1S/C12H12F3N3O4/c13-3-1-2-12(15)8(20)7(5-19)22-10(12)18-4-6(14)9(16)17-11(18)21/h4,7-8,10,19-20H,3,5H2,(H2,16,17,21)/t7-,8+,10-,12?/m1/s1. The number of alkyl halides is 2. The third-order valence-corrected chi connectivity index (χ3v) is 3.16. The first-order valence-corrected chi connectivity index (χ1v) is 6.08. The highest BCUT2D eigenvalue weighted by Gasteiger charge is 2.58. The largest absolute Gasteiger partial charge is 0.394 e. The lowest BCUT2D eigenvalue weighted by Crippen LogP contribution is -2.44. The lowest BCUT2D eigenvalue weighted by atomic mass is 9.96. The van der Waals surface area contributed by atoms with E-state index in [9.17, 15) is 23.1 Å². The molecule has 1 aromatic rings. The van der Waals surface area contributed by atoms with Crippen molar-refractivity contribution in [2.24, 2.45) is 0 Å². The van der Waals surface area contributed by atoms with E-state index in [0.717, 1.165) is 0 Å². The molecule has 0 saturated carbocycles. The topological polar surface area (TPSA) is 111 Å². The molecular formula is C12H12F3N3O4. The van der Waals surface area contributed by atoms with Gasteiger partial charge in [-0.2, -0.15) is 4.98 Å². The Balaban J connectivity index is 2.56. The second kappa shape index (κ2) is 5.96. The van der Waals surface area contributed by atoms with Crippen molar-refractivity contribution in [3.05, 3.63) is 22.5 Å². The van der Waals surface area contributed by atoms with Gasteiger partial charge in [0.05, 0.1) is 12.8 Å². The monoisotopic (exact) mass is 319 g/mol. The SMILES string of the molecule is Nc1nc(=O)n([C@@H]2O[C@H](CO)[C@H](O)C2(F)C#CCF)cc1F. The maximum Gasteiger partial charge on any atom is 0.351 e. The predicted molar refractivity (Wildman–Crippen MR) is 67.5 cm³/mol. The molecule has 22 heavy (non-hydrogen) atoms. The molecule has 0 spiro atoms. The van der Waals surface area contributed by atoms with Gasteiger partial charge in [0, 0.05) is 0 Å². The summed E-state index contributed by atoms with van der Waals surface area (Å²) >= 11 is 0. The third kappa shape index (κ3) is 2.54. The lowest BCUT2D eigenvalue weighted by molar-refractivity contribution is -0.0546. The molecule has 0 radical (unpaired) electrons. The van der Waals surface area contributed by atoms with Crippen LogP contribution in [-0.2, 0) is 4.74 Å². The Bertz CT molecular complexity index is 686. The number of rotatable bonds is 2. The number of nitrogen functional groups attached to an aromatic ring is 1. The number of anilines is 1. The van der Waals surface area contributed by atoms with E-state index < -0.39 is 54.7 Å². The minimum Gasteiger partial charge on any atom is -0.394 e. The quantitative estimate of drug-likeness (QED) is 0.597. The highest BCUT2D eigenvalue weighted by atomic mass is 19.1. The van der Waals surface area contributed by atoms with Crippen molar-refractivity contribution < 1.29 is 28.1 Å². The Hall–Kier alpha value is -2.09. The van der Waals surface area contributed by atoms with E-state index in [1.165, 1.54) is 0 Å². The third-order valence-electron chi connectivity index (χ3n) is 3.16. The number of nitrogens with two attached hydrogens (primary N) is 1. The van der Waals surface area contributed by atoms with Crippen LogP contribution in [0, 0.1) is 17.7 Å². The molecule has 1 saturated heterocycles. The Labute approximate surface area is 122 Å². The number of aromatic nitrogens is 2. The first kappa shape index (κ1) is 16.3. The van der Waals surface area contributed by atoms with Crippen molar-refractivity contribution >= 4 is 5.82 Å². The van der Waals surface area contributed by atoms with E-state index >= 15 is 0 Å². The van der Waals surface area contributed by atoms with E-state index in [-0.39, 0.29) is 0 Å². The highest BCUT2D eigenvalue weighted by molar-refractivity contribution is 5.28. The molecule has 0 aliphatic carbocycles. The van der Waals surface area contributed by atoms with Gasteiger partial charge in [-0.15, -0.1) is 0 Å². The fraction of sp³-hybridized carbons (Fsp3) is 0.500. The number of halogens is 3. The average molecular weight is 319 g/mol. The van der Waals surface area contributed by atoms with Crippen LogP contribution < -0.4 is 11.4 Å². The maximum absolute atomic E-state index is 14.9. The summed E-state index contributed by atoms with van der Waals surface area (Å²) in [6.07, 6.45) is -4.80. The van der Waals surface area contributed by atoms with Crippen molar-refractivity contribution in [3.8, 4) is 11.8 Å². The second-order valence-electron chi connectivity index (χ2n) is 4.52. The summed E-state index contributed by atoms with van der Waals surface area (Å²) in [7, 11) is 0. The van der Waals surface area contributed by atoms with E-state index in [4.69, 9.17) is 15.6 Å². The van der Waals surface area contributed by atoms with Crippen molar-refractivity contribution in [2.45, 2.75) is 24.1 Å². The van der Waals surface area contributed by atoms with Gasteiger partial charge in [-0.1, -0.05) is 11.8 Å². The minimum absolute atomic E-state index is 0.400. The van der Waals surface area contributed by atoms with Gasteiger partial charge in [-0.3, -0.25) is 4.57 Å². The number of aliphatic hydroxyl groups is 2. The van der Waals surface area contributed by atoms with Crippen LogP contribution in [0.3, 0.4) is 0 Å². The van der Waals surface area contributed by atoms with E-state index in [0.29, 0.717) is 10.8 Å². The van der Waals surface area contributed by atoms with Crippen LogP contribution in [0.15, 0.2) is 11.0 Å². The van der Waals surface area contributed by atoms with Gasteiger partial charge >= 0.3 is 5.69 Å². The Morgan fingerprint density at radius 2 is 2.27 bits per heavy atom. The summed E-state index contributed by atoms with van der Waals surface area (Å²) in [6.45, 7) is -2.00. The summed E-state index contributed by atoms with van der Waals surface area (Å²) in [4.78, 5) is 14.9. The van der Waals surface area contributed by atoms with Gasteiger partial charge in [0.2, 0.25) is 5.67 Å². The summed E-state index contributed by atoms with van der Waals surface area (Å²) < 4.78 is 46.0. The molecule has 7 nitrogen and oxygen atoms in total. The molecule has 0 aromatic carbocycles. The second-order valence-corrected chi connectivity index (χ2v) is 4.52. The normalized spacial score (nSPS) is 30.9. The van der Waals surface area contributed by atoms with Crippen LogP contribution in [0.1, 0.15) is 6.23 Å². The molecule has 10 heteroatoms. The number of hydrogen-bond acceptors (Lipinski definition) is 6. The molecule has 1 aromatic heterocycles. The summed E-state index contributed by atoms with van der Waals surface area (Å²) in [5, 5.41) is 18.9. The minimum atomic E-state index is -2.94. The summed E-state index contributed by atoms with van der Waals surface area (Å²) in [5.74, 6) is 1.78. The van der Waals surface area contributed by atoms with Crippen molar-refractivity contribution in [1.29, 1.82) is 0 Å². The smallest absolute Gasteiger partial charge is 0.351 e. The molecule has 1 aliphatic heterocycles. The Morgan fingerprint density at radius 1 is 1.59 bits per heavy atom. The molecule has 0 amide bonds. The van der Waals surface area contributed by atoms with Gasteiger partial charge in [0.25, 0.3) is 0 Å². The summed E-state index contributed by atoms with van der Waals surface area (Å²) in [5.41, 5.74) is 1.02. The molecule has 1 fully saturated rings. The number of hydrogen-bond donors (Lipinski definition) is 3. The molecular weight excluding hydrogens is 307 g/mol. The molecule has 1 unspecified atom stereocenters. The first-order chi connectivity index (χ1) is 10.3. The zero-order valence-corrected chi connectivity index (χ0v) is 11.0. The van der Waals surface area contributed by atoms with Crippen LogP contribution in [0.2, 0.25) is 0 Å². The van der Waals surface area contributed by atoms with E-state index in [1.54, 1.807) is 5.92 Å². The average Bonchev–Trinajstić information content (AvgIpc) is 2.73. The van der Waals surface area contributed by atoms with Gasteiger partial charge in [0.1, 0.15) is 18.9 Å². The van der Waals surface area contributed by atoms with Crippen LogP contribution in [0.4, 0.5) is 19.0 Å². The van der Waals surface area contributed by atoms with Crippen LogP contribution >= 0.6 is 0 Å². The number of ether oxygens (including phenoxy) is 1. The van der Waals surface area contributed by atoms with Gasteiger partial charge in [-0.25, -0.2) is 18.0 Å². The molecule has 1 aliphatic rings. The Morgan fingerprint density at radius 3 is 2.86 bits per heavy atom. The molecule has 0 bridgehead atoms. The van der Waals surface area contributed by atoms with Crippen molar-refractivity contribution in [1.82, 2.24) is 9.55 Å². The van der Waals surface area contributed by atoms with Gasteiger partial charge in [0.15, 0.2) is 17.9 Å². The fourth-order valence-electron chi connectivity index (χ4n) is 2.10. The van der Waals surface area contributed by atoms with Crippen LogP contribution in [0.25, 0.3) is 0 Å².